The standard InChI is InChI=1S/C21H31N5O.2ClH/c1-4-5-8-17-13-20(26-11-6-7-16(22)14-26)25-21(23-17)24-18-10-9-15(2)19(12-18)27-3;;/h9-10,12-13,16H,4-8,11,14,22H2,1-3H3,(H,23,24,25);2*1H. The first-order valence-electron chi connectivity index (χ1n) is 9.89. The Morgan fingerprint density at radius 2 is 2.03 bits per heavy atom. The van der Waals surface area contributed by atoms with Gasteiger partial charge in [0, 0.05) is 42.6 Å². The monoisotopic (exact) mass is 441 g/mol. The summed E-state index contributed by atoms with van der Waals surface area (Å²) in [7, 11) is 1.69. The number of hydrogen-bond acceptors (Lipinski definition) is 6. The summed E-state index contributed by atoms with van der Waals surface area (Å²) in [6.07, 6.45) is 5.41. The van der Waals surface area contributed by atoms with Crippen LogP contribution in [0.3, 0.4) is 0 Å². The molecule has 1 unspecified atom stereocenters. The zero-order valence-electron chi connectivity index (χ0n) is 17.5. The van der Waals surface area contributed by atoms with Crippen LogP contribution in [0, 0.1) is 6.92 Å². The summed E-state index contributed by atoms with van der Waals surface area (Å²) in [5.74, 6) is 2.45. The van der Waals surface area contributed by atoms with E-state index in [0.29, 0.717) is 5.95 Å². The van der Waals surface area contributed by atoms with Crippen LogP contribution in [0.25, 0.3) is 0 Å². The molecule has 3 rings (SSSR count). The number of hydrogen-bond donors (Lipinski definition) is 2. The zero-order valence-corrected chi connectivity index (χ0v) is 19.1. The largest absolute Gasteiger partial charge is 0.496 e. The summed E-state index contributed by atoms with van der Waals surface area (Å²) in [6, 6.07) is 8.37. The fourth-order valence-corrected chi connectivity index (χ4v) is 3.43. The van der Waals surface area contributed by atoms with Crippen LogP contribution in [-0.2, 0) is 6.42 Å². The summed E-state index contributed by atoms with van der Waals surface area (Å²) in [6.45, 7) is 6.07. The second-order valence-electron chi connectivity index (χ2n) is 7.30. The van der Waals surface area contributed by atoms with Gasteiger partial charge < -0.3 is 20.7 Å². The van der Waals surface area contributed by atoms with Crippen LogP contribution < -0.4 is 20.7 Å². The van der Waals surface area contributed by atoms with Gasteiger partial charge in [0.05, 0.1) is 7.11 Å². The van der Waals surface area contributed by atoms with Crippen molar-refractivity contribution in [1.29, 1.82) is 0 Å². The topological polar surface area (TPSA) is 76.3 Å². The van der Waals surface area contributed by atoms with Gasteiger partial charge in [0.15, 0.2) is 0 Å². The number of methoxy groups -OCH3 is 1. The SMILES string of the molecule is CCCCc1cc(N2CCCC(N)C2)nc(Nc2ccc(C)c(OC)c2)n1.Cl.Cl. The second kappa shape index (κ2) is 12.1. The molecule has 1 atom stereocenters. The second-order valence-corrected chi connectivity index (χ2v) is 7.30. The average molecular weight is 442 g/mol. The Labute approximate surface area is 186 Å². The van der Waals surface area contributed by atoms with Crippen LogP contribution in [-0.4, -0.2) is 36.2 Å². The van der Waals surface area contributed by atoms with Crippen LogP contribution in [0.5, 0.6) is 5.75 Å². The van der Waals surface area contributed by atoms with E-state index in [4.69, 9.17) is 20.4 Å². The van der Waals surface area contributed by atoms with E-state index in [9.17, 15) is 0 Å². The highest BCUT2D eigenvalue weighted by Crippen LogP contribution is 2.26. The number of benzene rings is 1. The van der Waals surface area contributed by atoms with E-state index >= 15 is 0 Å². The van der Waals surface area contributed by atoms with E-state index < -0.39 is 0 Å². The number of ether oxygens (including phenoxy) is 1. The fraction of sp³-hybridized carbons (Fsp3) is 0.524. The van der Waals surface area contributed by atoms with Crippen molar-refractivity contribution >= 4 is 42.3 Å². The smallest absolute Gasteiger partial charge is 0.229 e. The summed E-state index contributed by atoms with van der Waals surface area (Å²) in [5.41, 5.74) is 9.27. The van der Waals surface area contributed by atoms with E-state index in [1.807, 2.05) is 25.1 Å². The van der Waals surface area contributed by atoms with Crippen LogP contribution in [0.15, 0.2) is 24.3 Å². The Bertz CT molecular complexity index is 775. The number of piperidine rings is 1. The van der Waals surface area contributed by atoms with Crippen molar-refractivity contribution in [2.75, 3.05) is 30.4 Å². The first kappa shape index (κ1) is 25.3. The quantitative estimate of drug-likeness (QED) is 0.650. The van der Waals surface area contributed by atoms with Gasteiger partial charge in [0.2, 0.25) is 5.95 Å². The summed E-state index contributed by atoms with van der Waals surface area (Å²) < 4.78 is 5.43. The van der Waals surface area contributed by atoms with Crippen molar-refractivity contribution in [1.82, 2.24) is 9.97 Å². The lowest BCUT2D eigenvalue weighted by atomic mass is 10.1. The number of anilines is 3. The van der Waals surface area contributed by atoms with Crippen LogP contribution in [0.2, 0.25) is 0 Å². The normalized spacial score (nSPS) is 15.9. The molecule has 6 nitrogen and oxygen atoms in total. The minimum atomic E-state index is 0. The number of nitrogens with two attached hydrogens (primary N) is 1. The van der Waals surface area contributed by atoms with Gasteiger partial charge in [-0.3, -0.25) is 0 Å². The lowest BCUT2D eigenvalue weighted by Crippen LogP contribution is -2.43. The van der Waals surface area contributed by atoms with E-state index in [1.165, 1.54) is 0 Å². The van der Waals surface area contributed by atoms with Gasteiger partial charge in [-0.05, 0) is 44.2 Å². The van der Waals surface area contributed by atoms with Crippen LogP contribution in [0.4, 0.5) is 17.5 Å². The molecule has 29 heavy (non-hydrogen) atoms. The Kier molecular flexibility index (Phi) is 10.5. The molecule has 1 saturated heterocycles. The van der Waals surface area contributed by atoms with Gasteiger partial charge in [-0.15, -0.1) is 24.8 Å². The van der Waals surface area contributed by atoms with Crippen LogP contribution in [0.1, 0.15) is 43.9 Å². The molecule has 0 spiro atoms. The van der Waals surface area contributed by atoms with E-state index in [2.05, 4.69) is 23.2 Å². The van der Waals surface area contributed by atoms with Crippen molar-refractivity contribution in [3.05, 3.63) is 35.5 Å². The molecule has 0 radical (unpaired) electrons. The first-order valence-corrected chi connectivity index (χ1v) is 9.89. The molecule has 8 heteroatoms. The number of rotatable bonds is 7. The molecular weight excluding hydrogens is 409 g/mol. The summed E-state index contributed by atoms with van der Waals surface area (Å²) in [5, 5.41) is 3.35. The van der Waals surface area contributed by atoms with Gasteiger partial charge in [-0.2, -0.15) is 4.98 Å². The summed E-state index contributed by atoms with van der Waals surface area (Å²) in [4.78, 5) is 11.8. The Morgan fingerprint density at radius 1 is 1.24 bits per heavy atom. The number of halogens is 2. The maximum absolute atomic E-state index is 6.17. The van der Waals surface area contributed by atoms with Crippen molar-refractivity contribution in [2.24, 2.45) is 5.73 Å². The van der Waals surface area contributed by atoms with Crippen molar-refractivity contribution in [3.63, 3.8) is 0 Å². The maximum Gasteiger partial charge on any atom is 0.229 e. The van der Waals surface area contributed by atoms with Gasteiger partial charge >= 0.3 is 0 Å². The minimum Gasteiger partial charge on any atom is -0.496 e. The predicted octanol–water partition coefficient (Wildman–Crippen LogP) is 4.65. The molecule has 1 aliphatic rings. The highest BCUT2D eigenvalue weighted by molar-refractivity contribution is 5.85. The number of aromatic nitrogens is 2. The third-order valence-corrected chi connectivity index (χ3v) is 5.00. The molecule has 1 aliphatic heterocycles. The zero-order chi connectivity index (χ0) is 19.2. The fourth-order valence-electron chi connectivity index (χ4n) is 3.43. The molecule has 0 amide bonds. The highest BCUT2D eigenvalue weighted by atomic mass is 35.5. The lowest BCUT2D eigenvalue weighted by Gasteiger charge is -2.32. The van der Waals surface area contributed by atoms with Gasteiger partial charge in [0.25, 0.3) is 0 Å². The Balaban J connectivity index is 0.00000210. The third kappa shape index (κ3) is 6.91. The van der Waals surface area contributed by atoms with Crippen molar-refractivity contribution < 1.29 is 4.74 Å². The Hall–Kier alpha value is -1.76. The highest BCUT2D eigenvalue weighted by Gasteiger charge is 2.19. The molecule has 2 heterocycles. The van der Waals surface area contributed by atoms with E-state index in [-0.39, 0.29) is 30.9 Å². The number of nitrogens with one attached hydrogen (secondary N) is 1. The summed E-state index contributed by atoms with van der Waals surface area (Å²) >= 11 is 0. The molecule has 0 bridgehead atoms. The molecular formula is C21H33Cl2N5O. The average Bonchev–Trinajstić information content (AvgIpc) is 2.67. The first-order chi connectivity index (χ1) is 13.1. The van der Waals surface area contributed by atoms with Gasteiger partial charge in [-0.1, -0.05) is 19.4 Å². The lowest BCUT2D eigenvalue weighted by molar-refractivity contribution is 0.412. The van der Waals surface area contributed by atoms with E-state index in [1.54, 1.807) is 7.11 Å². The Morgan fingerprint density at radius 3 is 2.72 bits per heavy atom. The number of nitrogens with zero attached hydrogens (tertiary/aromatic N) is 3. The van der Waals surface area contributed by atoms with Crippen molar-refractivity contribution in [2.45, 2.75) is 52.0 Å². The maximum atomic E-state index is 6.17. The van der Waals surface area contributed by atoms with Crippen molar-refractivity contribution in [3.8, 4) is 5.75 Å². The third-order valence-electron chi connectivity index (χ3n) is 5.00. The molecule has 0 aliphatic carbocycles. The molecule has 1 aromatic heterocycles. The molecule has 1 fully saturated rings. The molecule has 2 aromatic rings. The van der Waals surface area contributed by atoms with Gasteiger partial charge in [-0.25, -0.2) is 4.98 Å². The molecule has 1 aromatic carbocycles. The van der Waals surface area contributed by atoms with Gasteiger partial charge in [0.1, 0.15) is 11.6 Å². The number of aryl methyl sites for hydroxylation is 2. The molecule has 162 valence electrons. The van der Waals surface area contributed by atoms with Crippen LogP contribution >= 0.6 is 24.8 Å². The minimum absolute atomic E-state index is 0. The molecule has 3 N–H and O–H groups in total. The predicted molar refractivity (Wildman–Crippen MR) is 126 cm³/mol. The van der Waals surface area contributed by atoms with E-state index in [0.717, 1.165) is 73.7 Å². The number of unbranched alkanes of at least 4 members (excludes halogenated alkanes) is 1. The molecule has 0 saturated carbocycles.